The van der Waals surface area contributed by atoms with E-state index in [1.807, 2.05) is 24.3 Å². The highest BCUT2D eigenvalue weighted by Crippen LogP contribution is 2.12. The van der Waals surface area contributed by atoms with Gasteiger partial charge < -0.3 is 15.7 Å². The van der Waals surface area contributed by atoms with E-state index in [1.165, 1.54) is 18.8 Å². The molecular formula is C26H30N4O5. The van der Waals surface area contributed by atoms with Gasteiger partial charge in [0.05, 0.1) is 12.6 Å². The second-order valence-corrected chi connectivity index (χ2v) is 8.46. The number of aliphatic hydroxyl groups excluding tert-OH is 1. The number of benzene rings is 2. The van der Waals surface area contributed by atoms with Gasteiger partial charge in [0.15, 0.2) is 0 Å². The minimum atomic E-state index is -1.29. The molecule has 9 nitrogen and oxygen atoms in total. The van der Waals surface area contributed by atoms with Crippen molar-refractivity contribution in [3.63, 3.8) is 0 Å². The summed E-state index contributed by atoms with van der Waals surface area (Å²) in [4.78, 5) is 38.3. The first-order valence-electron chi connectivity index (χ1n) is 11.5. The molecule has 1 aliphatic rings. The van der Waals surface area contributed by atoms with Crippen LogP contribution >= 0.6 is 0 Å². The molecule has 1 saturated heterocycles. The fraction of sp³-hybridized carbons (Fsp3) is 0.346. The quantitative estimate of drug-likeness (QED) is 0.233. The van der Waals surface area contributed by atoms with Gasteiger partial charge in [0, 0.05) is 22.4 Å². The summed E-state index contributed by atoms with van der Waals surface area (Å²) < 4.78 is 0. The minimum absolute atomic E-state index is 0.0217. The summed E-state index contributed by atoms with van der Waals surface area (Å²) in [5, 5.41) is 23.7. The van der Waals surface area contributed by atoms with Gasteiger partial charge in [0.2, 0.25) is 5.91 Å². The Morgan fingerprint density at radius 3 is 2.06 bits per heavy atom. The lowest BCUT2D eigenvalue weighted by atomic mass is 10.1. The van der Waals surface area contributed by atoms with Crippen molar-refractivity contribution < 1.29 is 24.7 Å². The summed E-state index contributed by atoms with van der Waals surface area (Å²) in [5.41, 5.74) is 3.87. The van der Waals surface area contributed by atoms with Crippen LogP contribution in [0.5, 0.6) is 0 Å². The van der Waals surface area contributed by atoms with Gasteiger partial charge in [-0.15, -0.1) is 0 Å². The van der Waals surface area contributed by atoms with Crippen LogP contribution in [0.25, 0.3) is 0 Å². The van der Waals surface area contributed by atoms with Crippen molar-refractivity contribution >= 4 is 23.4 Å². The fourth-order valence-corrected chi connectivity index (χ4v) is 3.71. The number of likely N-dealkylation sites (tertiary alicyclic amines) is 1. The van der Waals surface area contributed by atoms with Crippen LogP contribution in [-0.4, -0.2) is 64.7 Å². The van der Waals surface area contributed by atoms with Gasteiger partial charge in [-0.05, 0) is 81.4 Å². The summed E-state index contributed by atoms with van der Waals surface area (Å²) >= 11 is 0. The maximum Gasteiger partial charge on any atom is 0.268 e. The van der Waals surface area contributed by atoms with E-state index in [-0.39, 0.29) is 11.5 Å². The number of hydroxylamine groups is 1. The van der Waals surface area contributed by atoms with E-state index in [9.17, 15) is 19.5 Å². The highest BCUT2D eigenvalue weighted by molar-refractivity contribution is 5.97. The molecule has 0 spiro atoms. The summed E-state index contributed by atoms with van der Waals surface area (Å²) in [7, 11) is 0. The van der Waals surface area contributed by atoms with Crippen molar-refractivity contribution in [2.75, 3.05) is 25.0 Å². The molecule has 0 radical (unpaired) electrons. The average molecular weight is 479 g/mol. The van der Waals surface area contributed by atoms with Crippen LogP contribution in [0.2, 0.25) is 0 Å². The lowest BCUT2D eigenvalue weighted by molar-refractivity contribution is -0.133. The maximum absolute atomic E-state index is 12.3. The molecule has 0 saturated carbocycles. The fourth-order valence-electron chi connectivity index (χ4n) is 3.71. The van der Waals surface area contributed by atoms with Crippen molar-refractivity contribution in [1.29, 1.82) is 0 Å². The second-order valence-electron chi connectivity index (χ2n) is 8.46. The zero-order valence-corrected chi connectivity index (χ0v) is 19.6. The summed E-state index contributed by atoms with van der Waals surface area (Å²) in [6, 6.07) is 12.4. The molecule has 1 aliphatic heterocycles. The Balaban J connectivity index is 1.54. The number of hydrogen-bond acceptors (Lipinski definition) is 6. The number of nitrogens with one attached hydrogen (secondary N) is 3. The zero-order chi connectivity index (χ0) is 25.2. The summed E-state index contributed by atoms with van der Waals surface area (Å²) in [6.07, 6.45) is 2.33. The van der Waals surface area contributed by atoms with Crippen molar-refractivity contribution in [3.05, 3.63) is 65.2 Å². The normalized spacial score (nSPS) is 15.2. The molecule has 2 atom stereocenters. The van der Waals surface area contributed by atoms with E-state index in [0.29, 0.717) is 12.1 Å². The maximum atomic E-state index is 12.3. The van der Waals surface area contributed by atoms with Crippen LogP contribution in [0.1, 0.15) is 47.7 Å². The van der Waals surface area contributed by atoms with Gasteiger partial charge in [-0.3, -0.25) is 24.5 Å². The van der Waals surface area contributed by atoms with E-state index in [0.717, 1.165) is 37.2 Å². The largest absolute Gasteiger partial charge is 0.391 e. The van der Waals surface area contributed by atoms with Crippen LogP contribution in [-0.2, 0) is 9.59 Å². The Bertz CT molecular complexity index is 1080. The Kier molecular flexibility index (Phi) is 9.38. The van der Waals surface area contributed by atoms with Gasteiger partial charge in [-0.25, -0.2) is 5.48 Å². The van der Waals surface area contributed by atoms with E-state index < -0.39 is 24.0 Å². The van der Waals surface area contributed by atoms with Crippen molar-refractivity contribution in [1.82, 2.24) is 15.7 Å². The number of amides is 3. The molecule has 3 amide bonds. The first-order valence-corrected chi connectivity index (χ1v) is 11.5. The third-order valence-corrected chi connectivity index (χ3v) is 5.64. The van der Waals surface area contributed by atoms with E-state index >= 15 is 0 Å². The van der Waals surface area contributed by atoms with Crippen LogP contribution in [0.4, 0.5) is 5.69 Å². The van der Waals surface area contributed by atoms with Gasteiger partial charge >= 0.3 is 0 Å². The van der Waals surface area contributed by atoms with Gasteiger partial charge in [-0.2, -0.15) is 0 Å². The monoisotopic (exact) mass is 478 g/mol. The SMILES string of the molecule is C[C@@H](O)[C@H](NC(=O)c1ccc(C#Cc2ccc(NC(=O)CN3CCCCC3)cc2)cc1)C(=O)NO. The number of nitrogens with zero attached hydrogens (tertiary/aromatic N) is 1. The molecule has 35 heavy (non-hydrogen) atoms. The number of rotatable bonds is 7. The third-order valence-electron chi connectivity index (χ3n) is 5.64. The molecule has 9 heteroatoms. The summed E-state index contributed by atoms with van der Waals surface area (Å²) in [6.45, 7) is 3.67. The highest BCUT2D eigenvalue weighted by Gasteiger charge is 2.25. The van der Waals surface area contributed by atoms with E-state index in [4.69, 9.17) is 5.21 Å². The average Bonchev–Trinajstić information content (AvgIpc) is 2.87. The lowest BCUT2D eigenvalue weighted by Gasteiger charge is -2.25. The number of carbonyl (C=O) groups is 3. The predicted octanol–water partition coefficient (Wildman–Crippen LogP) is 1.50. The minimum Gasteiger partial charge on any atom is -0.391 e. The van der Waals surface area contributed by atoms with Crippen LogP contribution in [0.3, 0.4) is 0 Å². The highest BCUT2D eigenvalue weighted by atomic mass is 16.5. The molecular weight excluding hydrogens is 448 g/mol. The zero-order valence-electron chi connectivity index (χ0n) is 19.6. The Labute approximate surface area is 204 Å². The molecule has 3 rings (SSSR count). The van der Waals surface area contributed by atoms with E-state index in [2.05, 4.69) is 27.4 Å². The van der Waals surface area contributed by atoms with Crippen LogP contribution in [0.15, 0.2) is 48.5 Å². The van der Waals surface area contributed by atoms with Crippen LogP contribution < -0.4 is 16.1 Å². The lowest BCUT2D eigenvalue weighted by Crippen LogP contribution is -2.51. The molecule has 0 unspecified atom stereocenters. The Morgan fingerprint density at radius 2 is 1.51 bits per heavy atom. The topological polar surface area (TPSA) is 131 Å². The Morgan fingerprint density at radius 1 is 0.943 bits per heavy atom. The molecule has 0 aliphatic carbocycles. The Hall–Kier alpha value is -3.71. The standard InChI is InChI=1S/C26H30N4O5/c1-18(31)24(26(34)29-35)28-25(33)21-11-7-19(8-12-21)5-6-20-9-13-22(14-10-20)27-23(32)17-30-15-3-2-4-16-30/h7-14,18,24,31,35H,2-4,15-17H2,1H3,(H,27,32)(H,28,33)(H,29,34)/t18-,24+/m1/s1. The first-order chi connectivity index (χ1) is 16.9. The molecule has 2 aromatic rings. The molecule has 1 fully saturated rings. The first kappa shape index (κ1) is 25.9. The molecule has 184 valence electrons. The number of piperidine rings is 1. The van der Waals surface area contributed by atoms with E-state index in [1.54, 1.807) is 24.3 Å². The van der Waals surface area contributed by atoms with Gasteiger partial charge in [0.25, 0.3) is 11.8 Å². The van der Waals surface area contributed by atoms with Crippen molar-refractivity contribution in [2.45, 2.75) is 38.3 Å². The second kappa shape index (κ2) is 12.7. The summed E-state index contributed by atoms with van der Waals surface area (Å²) in [5.74, 6) is 4.55. The predicted molar refractivity (Wildman–Crippen MR) is 131 cm³/mol. The molecule has 5 N–H and O–H groups in total. The number of aliphatic hydroxyl groups is 1. The molecule has 2 aromatic carbocycles. The molecule has 0 aromatic heterocycles. The molecule has 0 bridgehead atoms. The van der Waals surface area contributed by atoms with Crippen molar-refractivity contribution in [2.24, 2.45) is 0 Å². The number of hydrogen-bond donors (Lipinski definition) is 5. The number of anilines is 1. The third kappa shape index (κ3) is 7.93. The van der Waals surface area contributed by atoms with Crippen molar-refractivity contribution in [3.8, 4) is 11.8 Å². The van der Waals surface area contributed by atoms with Gasteiger partial charge in [-0.1, -0.05) is 18.3 Å². The smallest absolute Gasteiger partial charge is 0.268 e. The molecule has 1 heterocycles. The number of carbonyl (C=O) groups excluding carboxylic acids is 3. The van der Waals surface area contributed by atoms with Gasteiger partial charge in [0.1, 0.15) is 6.04 Å². The van der Waals surface area contributed by atoms with Crippen LogP contribution in [0, 0.1) is 11.8 Å².